The average molecular weight is 379 g/mol. The van der Waals surface area contributed by atoms with Gasteiger partial charge in [0, 0.05) is 23.8 Å². The quantitative estimate of drug-likeness (QED) is 0.498. The van der Waals surface area contributed by atoms with E-state index in [4.69, 9.17) is 4.74 Å². The zero-order chi connectivity index (χ0) is 19.7. The molecule has 0 radical (unpaired) electrons. The summed E-state index contributed by atoms with van der Waals surface area (Å²) in [6.45, 7) is 6.31. The Balaban J connectivity index is 2.83. The highest BCUT2D eigenvalue weighted by Crippen LogP contribution is 2.39. The lowest BCUT2D eigenvalue weighted by Gasteiger charge is -2.20. The van der Waals surface area contributed by atoms with Crippen LogP contribution in [0.2, 0.25) is 0 Å². The molecule has 26 heavy (non-hydrogen) atoms. The van der Waals surface area contributed by atoms with Gasteiger partial charge in [-0.1, -0.05) is 24.3 Å². The van der Waals surface area contributed by atoms with Gasteiger partial charge in [-0.3, -0.25) is 13.8 Å². The molecule has 0 aliphatic heterocycles. The van der Waals surface area contributed by atoms with Gasteiger partial charge < -0.3 is 10.1 Å². The summed E-state index contributed by atoms with van der Waals surface area (Å²) in [5, 5.41) is 3.37. The van der Waals surface area contributed by atoms with Gasteiger partial charge in [-0.15, -0.1) is 0 Å². The van der Waals surface area contributed by atoms with Crippen molar-refractivity contribution in [1.29, 1.82) is 0 Å². The minimum Gasteiger partial charge on any atom is -0.424 e. The number of amides is 1. The average Bonchev–Trinajstić information content (AvgIpc) is 2.55. The van der Waals surface area contributed by atoms with Crippen LogP contribution in [0.5, 0.6) is 5.75 Å². The third-order valence-electron chi connectivity index (χ3n) is 3.58. The molecule has 0 saturated carbocycles. The molecule has 0 aromatic heterocycles. The molecule has 2 aromatic rings. The summed E-state index contributed by atoms with van der Waals surface area (Å²) >= 11 is 0. The topological polar surface area (TPSA) is 98.8 Å². The van der Waals surface area contributed by atoms with Gasteiger partial charge in [-0.05, 0) is 20.8 Å². The number of nitrogens with one attached hydrogen (secondary N) is 1. The number of carbonyl (C=O) groups is 2. The number of hydrogen-bond acceptors (Lipinski definition) is 6. The van der Waals surface area contributed by atoms with Crippen molar-refractivity contribution in [3.63, 3.8) is 0 Å². The number of carbonyl (C=O) groups excluding carboxylic acids is 2. The molecule has 0 bridgehead atoms. The predicted molar refractivity (Wildman–Crippen MR) is 97.5 cm³/mol. The Hall–Kier alpha value is -2.45. The lowest BCUT2D eigenvalue weighted by molar-refractivity contribution is -0.143. The fourth-order valence-corrected chi connectivity index (χ4v) is 3.13. The number of rotatable bonds is 4. The van der Waals surface area contributed by atoms with Gasteiger partial charge >= 0.3 is 5.97 Å². The minimum atomic E-state index is -4.07. The Labute approximate surface area is 152 Å². The van der Waals surface area contributed by atoms with E-state index in [1.807, 2.05) is 0 Å². The number of ether oxygens (including phenoxy) is 1. The Morgan fingerprint density at radius 1 is 1.08 bits per heavy atom. The van der Waals surface area contributed by atoms with Crippen molar-refractivity contribution >= 4 is 38.5 Å². The largest absolute Gasteiger partial charge is 0.424 e. The Bertz CT molecular complexity index is 973. The van der Waals surface area contributed by atoms with Crippen LogP contribution in [0.15, 0.2) is 35.2 Å². The number of esters is 1. The Morgan fingerprint density at radius 3 is 2.15 bits per heavy atom. The normalized spacial score (nSPS) is 12.0. The molecule has 1 amide bonds. The maximum Gasteiger partial charge on any atom is 0.316 e. The first-order chi connectivity index (χ1) is 12.0. The maximum atomic E-state index is 12.3. The molecule has 0 saturated heterocycles. The molecular formula is C18H21NO6S. The van der Waals surface area contributed by atoms with Crippen molar-refractivity contribution in [2.45, 2.75) is 32.6 Å². The summed E-state index contributed by atoms with van der Waals surface area (Å²) < 4.78 is 34.7. The molecule has 7 nitrogen and oxygen atoms in total. The fourth-order valence-electron chi connectivity index (χ4n) is 2.25. The van der Waals surface area contributed by atoms with Crippen molar-refractivity contribution in [1.82, 2.24) is 0 Å². The fraction of sp³-hybridized carbons (Fsp3) is 0.333. The molecule has 0 atom stereocenters. The van der Waals surface area contributed by atoms with E-state index in [-0.39, 0.29) is 22.2 Å². The highest BCUT2D eigenvalue weighted by Gasteiger charge is 2.28. The van der Waals surface area contributed by atoms with Crippen molar-refractivity contribution in [3.8, 4) is 5.75 Å². The number of benzene rings is 2. The summed E-state index contributed by atoms with van der Waals surface area (Å²) in [6.07, 6.45) is 0. The van der Waals surface area contributed by atoms with E-state index in [2.05, 4.69) is 9.50 Å². The van der Waals surface area contributed by atoms with Gasteiger partial charge in [-0.25, -0.2) is 0 Å². The van der Waals surface area contributed by atoms with Crippen molar-refractivity contribution in [2.24, 2.45) is 5.41 Å². The SMILES string of the molecule is COS(=O)(=O)c1cc(OC(=O)C(C)(C)C)c(NC(C)=O)c2ccccc12. The van der Waals surface area contributed by atoms with Crippen LogP contribution in [0.1, 0.15) is 27.7 Å². The summed E-state index contributed by atoms with van der Waals surface area (Å²) in [7, 11) is -3.02. The van der Waals surface area contributed by atoms with E-state index in [0.29, 0.717) is 10.8 Å². The molecule has 0 unspecified atom stereocenters. The molecule has 0 fully saturated rings. The van der Waals surface area contributed by atoms with Crippen LogP contribution in [0.25, 0.3) is 10.8 Å². The number of anilines is 1. The van der Waals surface area contributed by atoms with E-state index >= 15 is 0 Å². The standard InChI is InChI=1S/C18H21NO6S/c1-11(20)19-16-13-9-7-6-8-12(13)15(26(22,23)24-5)10-14(16)25-17(21)18(2,3)4/h6-10H,1-5H3,(H,19,20). The third-order valence-corrected chi connectivity index (χ3v) is 4.89. The molecular weight excluding hydrogens is 358 g/mol. The molecule has 2 rings (SSSR count). The summed E-state index contributed by atoms with van der Waals surface area (Å²) in [4.78, 5) is 23.8. The van der Waals surface area contributed by atoms with Crippen LogP contribution in [0, 0.1) is 5.41 Å². The maximum absolute atomic E-state index is 12.3. The van der Waals surface area contributed by atoms with Gasteiger partial charge in [-0.2, -0.15) is 8.42 Å². The van der Waals surface area contributed by atoms with E-state index in [9.17, 15) is 18.0 Å². The Kier molecular flexibility index (Phi) is 5.39. The summed E-state index contributed by atoms with van der Waals surface area (Å²) in [6, 6.07) is 7.75. The first kappa shape index (κ1) is 19.9. The molecule has 0 aliphatic rings. The highest BCUT2D eigenvalue weighted by atomic mass is 32.2. The zero-order valence-electron chi connectivity index (χ0n) is 15.2. The Morgan fingerprint density at radius 2 is 1.65 bits per heavy atom. The molecule has 0 aliphatic carbocycles. The van der Waals surface area contributed by atoms with Gasteiger partial charge in [0.2, 0.25) is 5.91 Å². The lowest BCUT2D eigenvalue weighted by atomic mass is 9.97. The van der Waals surface area contributed by atoms with Crippen LogP contribution in [0.4, 0.5) is 5.69 Å². The van der Waals surface area contributed by atoms with Crippen molar-refractivity contribution in [3.05, 3.63) is 30.3 Å². The first-order valence-electron chi connectivity index (χ1n) is 7.83. The number of hydrogen-bond donors (Lipinski definition) is 1. The van der Waals surface area contributed by atoms with Crippen LogP contribution in [-0.4, -0.2) is 27.4 Å². The van der Waals surface area contributed by atoms with Crippen molar-refractivity contribution in [2.75, 3.05) is 12.4 Å². The summed E-state index contributed by atoms with van der Waals surface area (Å²) in [5.74, 6) is -1.01. The molecule has 1 N–H and O–H groups in total. The van der Waals surface area contributed by atoms with Crippen LogP contribution in [0.3, 0.4) is 0 Å². The van der Waals surface area contributed by atoms with Gasteiger partial charge in [0.05, 0.1) is 18.2 Å². The van der Waals surface area contributed by atoms with Crippen LogP contribution in [-0.2, 0) is 23.9 Å². The molecule has 0 spiro atoms. The van der Waals surface area contributed by atoms with E-state index in [0.717, 1.165) is 7.11 Å². The molecule has 140 valence electrons. The van der Waals surface area contributed by atoms with E-state index < -0.39 is 21.5 Å². The highest BCUT2D eigenvalue weighted by molar-refractivity contribution is 7.87. The zero-order valence-corrected chi connectivity index (χ0v) is 16.1. The lowest BCUT2D eigenvalue weighted by Crippen LogP contribution is -2.26. The third kappa shape index (κ3) is 4.03. The van der Waals surface area contributed by atoms with E-state index in [1.54, 1.807) is 45.0 Å². The minimum absolute atomic E-state index is 0.0607. The molecule has 8 heteroatoms. The molecule has 0 heterocycles. The van der Waals surface area contributed by atoms with Gasteiger partial charge in [0.1, 0.15) is 4.90 Å². The second-order valence-electron chi connectivity index (χ2n) is 6.73. The second-order valence-corrected chi connectivity index (χ2v) is 8.42. The molecule has 2 aromatic carbocycles. The van der Waals surface area contributed by atoms with Gasteiger partial charge in [0.15, 0.2) is 5.75 Å². The van der Waals surface area contributed by atoms with Crippen LogP contribution >= 0.6 is 0 Å². The van der Waals surface area contributed by atoms with Crippen molar-refractivity contribution < 1.29 is 26.9 Å². The second kappa shape index (κ2) is 7.05. The van der Waals surface area contributed by atoms with Crippen LogP contribution < -0.4 is 10.1 Å². The monoisotopic (exact) mass is 379 g/mol. The van der Waals surface area contributed by atoms with E-state index in [1.165, 1.54) is 13.0 Å². The smallest absolute Gasteiger partial charge is 0.316 e. The predicted octanol–water partition coefficient (Wildman–Crippen LogP) is 3.08. The number of fused-ring (bicyclic) bond motifs is 1. The first-order valence-corrected chi connectivity index (χ1v) is 9.24. The summed E-state index contributed by atoms with van der Waals surface area (Å²) in [5.41, 5.74) is -0.597. The van der Waals surface area contributed by atoms with Gasteiger partial charge in [0.25, 0.3) is 10.1 Å².